The molecule has 0 amide bonds. The summed E-state index contributed by atoms with van der Waals surface area (Å²) in [7, 11) is 0. The Morgan fingerprint density at radius 2 is 2.00 bits per heavy atom. The lowest BCUT2D eigenvalue weighted by atomic mass is 10.1. The number of nitrogens with one attached hydrogen (secondary N) is 2. The van der Waals surface area contributed by atoms with E-state index in [1.54, 1.807) is 12.4 Å². The number of pyridine rings is 1. The average molecular weight is 279 g/mol. The lowest BCUT2D eigenvalue weighted by Crippen LogP contribution is -2.44. The Hall–Kier alpha value is -1.69. The third-order valence-electron chi connectivity index (χ3n) is 2.15. The van der Waals surface area contributed by atoms with E-state index in [9.17, 15) is 0 Å². The maximum absolute atomic E-state index is 5.75. The summed E-state index contributed by atoms with van der Waals surface area (Å²) < 4.78 is 0. The Labute approximate surface area is 119 Å². The smallest absolute Gasteiger partial charge is 0.195 e. The second kappa shape index (κ2) is 7.04. The zero-order valence-electron chi connectivity index (χ0n) is 11.6. The molecular formula is C13H21N5S. The molecule has 0 fully saturated rings. The molecule has 0 aliphatic carbocycles. The van der Waals surface area contributed by atoms with Crippen molar-refractivity contribution in [2.24, 2.45) is 10.7 Å². The van der Waals surface area contributed by atoms with Crippen molar-refractivity contribution >= 4 is 23.3 Å². The van der Waals surface area contributed by atoms with E-state index in [0.29, 0.717) is 11.1 Å². The minimum absolute atomic E-state index is 0.219. The van der Waals surface area contributed by atoms with E-state index >= 15 is 0 Å². The van der Waals surface area contributed by atoms with Gasteiger partial charge in [-0.2, -0.15) is 0 Å². The van der Waals surface area contributed by atoms with Crippen molar-refractivity contribution < 1.29 is 0 Å². The van der Waals surface area contributed by atoms with Gasteiger partial charge in [0.1, 0.15) is 0 Å². The van der Waals surface area contributed by atoms with Gasteiger partial charge >= 0.3 is 0 Å². The van der Waals surface area contributed by atoms with Gasteiger partial charge in [-0.25, -0.2) is 4.99 Å². The normalized spacial score (nSPS) is 12.1. The molecule has 0 saturated heterocycles. The van der Waals surface area contributed by atoms with Crippen LogP contribution in [0.25, 0.3) is 0 Å². The molecule has 0 spiro atoms. The lowest BCUT2D eigenvalue weighted by molar-refractivity contribution is 0.580. The minimum Gasteiger partial charge on any atom is -0.370 e. The quantitative estimate of drug-likeness (QED) is 0.440. The fourth-order valence-electron chi connectivity index (χ4n) is 1.42. The van der Waals surface area contributed by atoms with Crippen LogP contribution in [0.4, 0.5) is 0 Å². The summed E-state index contributed by atoms with van der Waals surface area (Å²) in [5, 5.41) is 6.43. The van der Waals surface area contributed by atoms with Crippen molar-refractivity contribution in [3.63, 3.8) is 0 Å². The molecule has 4 N–H and O–H groups in total. The van der Waals surface area contributed by atoms with Crippen molar-refractivity contribution in [2.75, 3.05) is 6.54 Å². The van der Waals surface area contributed by atoms with Crippen LogP contribution in [0.2, 0.25) is 0 Å². The van der Waals surface area contributed by atoms with Crippen molar-refractivity contribution in [3.8, 4) is 0 Å². The molecule has 5 nitrogen and oxygen atoms in total. The van der Waals surface area contributed by atoms with Crippen LogP contribution in [0.3, 0.4) is 0 Å². The molecule has 0 aliphatic rings. The highest BCUT2D eigenvalue weighted by atomic mass is 32.1. The minimum atomic E-state index is -0.219. The van der Waals surface area contributed by atoms with E-state index in [0.717, 1.165) is 13.0 Å². The maximum atomic E-state index is 5.75. The van der Waals surface area contributed by atoms with E-state index in [1.165, 1.54) is 5.56 Å². The van der Waals surface area contributed by atoms with Crippen molar-refractivity contribution in [1.82, 2.24) is 15.6 Å². The molecule has 0 radical (unpaired) electrons. The number of rotatable bonds is 3. The fraction of sp³-hybridized carbons (Fsp3) is 0.462. The number of thiocarbonyl (C=S) groups is 1. The zero-order valence-corrected chi connectivity index (χ0v) is 12.4. The monoisotopic (exact) mass is 279 g/mol. The van der Waals surface area contributed by atoms with E-state index in [4.69, 9.17) is 18.0 Å². The lowest BCUT2D eigenvalue weighted by Gasteiger charge is -2.15. The Kier molecular flexibility index (Phi) is 5.69. The van der Waals surface area contributed by atoms with Crippen LogP contribution in [-0.4, -0.2) is 28.1 Å². The second-order valence-corrected chi connectivity index (χ2v) is 5.56. The number of aromatic nitrogens is 1. The molecule has 19 heavy (non-hydrogen) atoms. The molecule has 0 aromatic carbocycles. The van der Waals surface area contributed by atoms with Crippen molar-refractivity contribution in [2.45, 2.75) is 32.7 Å². The van der Waals surface area contributed by atoms with E-state index in [1.807, 2.05) is 32.9 Å². The highest BCUT2D eigenvalue weighted by Crippen LogP contribution is 2.04. The Morgan fingerprint density at radius 3 is 2.58 bits per heavy atom. The molecule has 1 aromatic rings. The summed E-state index contributed by atoms with van der Waals surface area (Å²) in [6.07, 6.45) is 4.43. The van der Waals surface area contributed by atoms with Crippen LogP contribution in [-0.2, 0) is 6.42 Å². The largest absolute Gasteiger partial charge is 0.370 e. The molecule has 0 unspecified atom stereocenters. The van der Waals surface area contributed by atoms with E-state index < -0.39 is 0 Å². The zero-order chi connectivity index (χ0) is 14.3. The van der Waals surface area contributed by atoms with Crippen LogP contribution in [0, 0.1) is 0 Å². The van der Waals surface area contributed by atoms with Gasteiger partial charge in [0.15, 0.2) is 11.1 Å². The Bertz CT molecular complexity index is 436. The summed E-state index contributed by atoms with van der Waals surface area (Å²) in [5.74, 6) is 0.328. The van der Waals surface area contributed by atoms with Crippen LogP contribution < -0.4 is 16.4 Å². The molecule has 0 aliphatic heterocycles. The molecule has 104 valence electrons. The number of aliphatic imine (C=N–C) groups is 1. The van der Waals surface area contributed by atoms with Gasteiger partial charge in [-0.15, -0.1) is 0 Å². The van der Waals surface area contributed by atoms with Gasteiger partial charge in [-0.3, -0.25) is 4.98 Å². The summed E-state index contributed by atoms with van der Waals surface area (Å²) >= 11 is 5.14. The van der Waals surface area contributed by atoms with E-state index in [-0.39, 0.29) is 5.54 Å². The Balaban J connectivity index is 2.31. The van der Waals surface area contributed by atoms with Gasteiger partial charge in [0.25, 0.3) is 0 Å². The average Bonchev–Trinajstić information content (AvgIpc) is 2.27. The number of nitrogens with two attached hydrogens (primary N) is 1. The van der Waals surface area contributed by atoms with Crippen LogP contribution in [0.15, 0.2) is 29.5 Å². The van der Waals surface area contributed by atoms with Crippen molar-refractivity contribution in [3.05, 3.63) is 30.1 Å². The molecule has 1 aromatic heterocycles. The first kappa shape index (κ1) is 15.4. The SMILES string of the molecule is CC(C)(C)N=C(N)NC(=S)NCCc1ccncc1. The molecule has 0 saturated carbocycles. The molecule has 6 heteroatoms. The molecule has 1 rings (SSSR count). The van der Waals surface area contributed by atoms with Crippen LogP contribution in [0.5, 0.6) is 0 Å². The topological polar surface area (TPSA) is 75.3 Å². The maximum Gasteiger partial charge on any atom is 0.195 e. The van der Waals surface area contributed by atoms with Gasteiger partial charge in [-0.05, 0) is 57.1 Å². The predicted molar refractivity (Wildman–Crippen MR) is 83.1 cm³/mol. The van der Waals surface area contributed by atoms with Crippen LogP contribution in [0.1, 0.15) is 26.3 Å². The number of guanidine groups is 1. The van der Waals surface area contributed by atoms with Gasteiger partial charge in [0, 0.05) is 18.9 Å². The molecule has 1 heterocycles. The van der Waals surface area contributed by atoms with Gasteiger partial charge in [0.2, 0.25) is 0 Å². The van der Waals surface area contributed by atoms with Gasteiger partial charge in [-0.1, -0.05) is 0 Å². The first-order valence-electron chi connectivity index (χ1n) is 6.16. The van der Waals surface area contributed by atoms with Crippen molar-refractivity contribution in [1.29, 1.82) is 0 Å². The molecular weight excluding hydrogens is 258 g/mol. The molecule has 0 bridgehead atoms. The standard InChI is InChI=1S/C13H21N5S/c1-13(2,3)18-11(14)17-12(19)16-9-6-10-4-7-15-8-5-10/h4-5,7-8H,6,9H2,1-3H3,(H4,14,16,17,18,19). The number of hydrogen-bond donors (Lipinski definition) is 3. The highest BCUT2D eigenvalue weighted by Gasteiger charge is 2.08. The van der Waals surface area contributed by atoms with Crippen LogP contribution >= 0.6 is 12.2 Å². The van der Waals surface area contributed by atoms with Gasteiger partial charge < -0.3 is 16.4 Å². The Morgan fingerprint density at radius 1 is 1.37 bits per heavy atom. The summed E-state index contributed by atoms with van der Waals surface area (Å²) in [5.41, 5.74) is 6.74. The number of nitrogens with zero attached hydrogens (tertiary/aromatic N) is 2. The second-order valence-electron chi connectivity index (χ2n) is 5.15. The summed E-state index contributed by atoms with van der Waals surface area (Å²) in [6.45, 7) is 6.66. The molecule has 0 atom stereocenters. The highest BCUT2D eigenvalue weighted by molar-refractivity contribution is 7.80. The first-order chi connectivity index (χ1) is 8.87. The van der Waals surface area contributed by atoms with Gasteiger partial charge in [0.05, 0.1) is 5.54 Å². The fourth-order valence-corrected chi connectivity index (χ4v) is 1.63. The third-order valence-corrected chi connectivity index (χ3v) is 2.39. The summed E-state index contributed by atoms with van der Waals surface area (Å²) in [4.78, 5) is 8.23. The first-order valence-corrected chi connectivity index (χ1v) is 6.57. The van der Waals surface area contributed by atoms with E-state index in [2.05, 4.69) is 20.6 Å². The summed E-state index contributed by atoms with van der Waals surface area (Å²) in [6, 6.07) is 3.96. The number of hydrogen-bond acceptors (Lipinski definition) is 3. The predicted octanol–water partition coefficient (Wildman–Crippen LogP) is 1.20. The third kappa shape index (κ3) is 7.35.